The molecule has 1 fully saturated rings. The van der Waals surface area contributed by atoms with E-state index in [4.69, 9.17) is 14.2 Å². The van der Waals surface area contributed by atoms with Gasteiger partial charge in [-0.2, -0.15) is 0 Å². The molecule has 1 saturated heterocycles. The highest BCUT2D eigenvalue weighted by Crippen LogP contribution is 2.28. The normalized spacial score (nSPS) is 23.2. The third kappa shape index (κ3) is 8.64. The highest BCUT2D eigenvalue weighted by atomic mass is 16.7. The van der Waals surface area contributed by atoms with Crippen LogP contribution in [0.3, 0.4) is 0 Å². The molecule has 1 rings (SSSR count). The van der Waals surface area contributed by atoms with Crippen LogP contribution in [-0.2, 0) is 28.5 Å². The van der Waals surface area contributed by atoms with Gasteiger partial charge in [-0.25, -0.2) is 0 Å². The lowest BCUT2D eigenvalue weighted by atomic mass is 10.1. The van der Waals surface area contributed by atoms with Crippen LogP contribution in [0.4, 0.5) is 0 Å². The Balaban J connectivity index is 2.11. The molecule has 0 saturated carbocycles. The lowest BCUT2D eigenvalue weighted by Crippen LogP contribution is -2.29. The van der Waals surface area contributed by atoms with Gasteiger partial charge in [0, 0.05) is 12.8 Å². The van der Waals surface area contributed by atoms with Crippen LogP contribution in [-0.4, -0.2) is 44.2 Å². The van der Waals surface area contributed by atoms with Crippen molar-refractivity contribution in [1.82, 2.24) is 0 Å². The average molecular weight is 344 g/mol. The van der Waals surface area contributed by atoms with Gasteiger partial charge < -0.3 is 18.9 Å². The van der Waals surface area contributed by atoms with Crippen LogP contribution in [0.1, 0.15) is 71.6 Å². The Kier molecular flexibility index (Phi) is 9.95. The van der Waals surface area contributed by atoms with Gasteiger partial charge in [0.2, 0.25) is 0 Å². The van der Waals surface area contributed by atoms with E-state index in [0.29, 0.717) is 19.4 Å². The fourth-order valence-electron chi connectivity index (χ4n) is 2.64. The Bertz CT molecular complexity index is 384. The molecule has 1 aliphatic heterocycles. The van der Waals surface area contributed by atoms with E-state index in [1.54, 1.807) is 6.92 Å². The minimum Gasteiger partial charge on any atom is -0.469 e. The third-order valence-corrected chi connectivity index (χ3v) is 4.17. The van der Waals surface area contributed by atoms with Crippen molar-refractivity contribution in [1.29, 1.82) is 0 Å². The first kappa shape index (κ1) is 20.9. The Morgan fingerprint density at radius 2 is 1.79 bits per heavy atom. The molecule has 24 heavy (non-hydrogen) atoms. The molecule has 1 aliphatic rings. The van der Waals surface area contributed by atoms with E-state index in [1.165, 1.54) is 32.8 Å². The molecule has 6 heteroatoms. The molecule has 0 spiro atoms. The van der Waals surface area contributed by atoms with Crippen LogP contribution in [0.5, 0.6) is 0 Å². The van der Waals surface area contributed by atoms with Gasteiger partial charge in [0.05, 0.1) is 20.1 Å². The van der Waals surface area contributed by atoms with E-state index >= 15 is 0 Å². The zero-order valence-corrected chi connectivity index (χ0v) is 15.3. The van der Waals surface area contributed by atoms with Gasteiger partial charge in [-0.05, 0) is 13.3 Å². The van der Waals surface area contributed by atoms with Crippen molar-refractivity contribution in [3.63, 3.8) is 0 Å². The summed E-state index contributed by atoms with van der Waals surface area (Å²) in [6.45, 7) is 4.53. The van der Waals surface area contributed by atoms with E-state index in [1.807, 2.05) is 0 Å². The number of hydrogen-bond donors (Lipinski definition) is 0. The molecule has 1 heterocycles. The zero-order valence-electron chi connectivity index (χ0n) is 15.3. The lowest BCUT2D eigenvalue weighted by Gasteiger charge is -2.22. The van der Waals surface area contributed by atoms with Gasteiger partial charge in [-0.3, -0.25) is 9.59 Å². The van der Waals surface area contributed by atoms with Gasteiger partial charge in [0.15, 0.2) is 5.79 Å². The van der Waals surface area contributed by atoms with Crippen LogP contribution in [0.15, 0.2) is 0 Å². The molecule has 0 aromatic carbocycles. The number of hydrogen-bond acceptors (Lipinski definition) is 6. The van der Waals surface area contributed by atoms with Gasteiger partial charge in [-0.1, -0.05) is 39.0 Å². The average Bonchev–Trinajstić information content (AvgIpc) is 2.96. The molecule has 0 bridgehead atoms. The van der Waals surface area contributed by atoms with E-state index in [9.17, 15) is 9.59 Å². The van der Waals surface area contributed by atoms with Gasteiger partial charge in [-0.15, -0.1) is 0 Å². The number of esters is 2. The third-order valence-electron chi connectivity index (χ3n) is 4.17. The molecule has 0 aromatic rings. The summed E-state index contributed by atoms with van der Waals surface area (Å²) in [6.07, 6.45) is 7.69. The van der Waals surface area contributed by atoms with Gasteiger partial charge in [0.25, 0.3) is 0 Å². The first-order chi connectivity index (χ1) is 11.5. The van der Waals surface area contributed by atoms with Crippen molar-refractivity contribution >= 4 is 11.9 Å². The van der Waals surface area contributed by atoms with Crippen LogP contribution in [0.2, 0.25) is 0 Å². The summed E-state index contributed by atoms with van der Waals surface area (Å²) in [5.74, 6) is -1.29. The second-order valence-corrected chi connectivity index (χ2v) is 6.46. The molecule has 0 aliphatic carbocycles. The fourth-order valence-corrected chi connectivity index (χ4v) is 2.64. The van der Waals surface area contributed by atoms with Crippen molar-refractivity contribution in [2.75, 3.05) is 20.3 Å². The van der Waals surface area contributed by atoms with Crippen molar-refractivity contribution < 1.29 is 28.5 Å². The predicted molar refractivity (Wildman–Crippen MR) is 89.4 cm³/mol. The number of unbranched alkanes of at least 4 members (excludes halogenated alkanes) is 5. The van der Waals surface area contributed by atoms with Crippen molar-refractivity contribution in [2.24, 2.45) is 0 Å². The van der Waals surface area contributed by atoms with Gasteiger partial charge >= 0.3 is 11.9 Å². The number of ether oxygens (including phenoxy) is 4. The molecular formula is C18H32O6. The van der Waals surface area contributed by atoms with Crippen LogP contribution in [0.25, 0.3) is 0 Å². The summed E-state index contributed by atoms with van der Waals surface area (Å²) in [7, 11) is 1.35. The maximum absolute atomic E-state index is 11.7. The maximum atomic E-state index is 11.7. The number of rotatable bonds is 12. The fraction of sp³-hybridized carbons (Fsp3) is 0.889. The molecule has 0 amide bonds. The second-order valence-electron chi connectivity index (χ2n) is 6.46. The Morgan fingerprint density at radius 3 is 2.50 bits per heavy atom. The number of carbonyl (C=O) groups excluding carboxylic acids is 2. The molecule has 6 nitrogen and oxygen atoms in total. The summed E-state index contributed by atoms with van der Waals surface area (Å²) < 4.78 is 21.2. The summed E-state index contributed by atoms with van der Waals surface area (Å²) >= 11 is 0. The SMILES string of the molecule is CCCCCCCCC(=O)OCC1COC(C)(CCC(=O)OC)O1. The van der Waals surface area contributed by atoms with E-state index in [-0.39, 0.29) is 31.1 Å². The minimum absolute atomic E-state index is 0.183. The Hall–Kier alpha value is -1.14. The van der Waals surface area contributed by atoms with Crippen molar-refractivity contribution in [3.05, 3.63) is 0 Å². The maximum Gasteiger partial charge on any atom is 0.305 e. The summed E-state index contributed by atoms with van der Waals surface area (Å²) in [5, 5.41) is 0. The summed E-state index contributed by atoms with van der Waals surface area (Å²) in [5.41, 5.74) is 0. The molecule has 0 aromatic heterocycles. The Morgan fingerprint density at radius 1 is 1.08 bits per heavy atom. The molecule has 2 atom stereocenters. The molecule has 2 unspecified atom stereocenters. The van der Waals surface area contributed by atoms with Gasteiger partial charge in [0.1, 0.15) is 12.7 Å². The smallest absolute Gasteiger partial charge is 0.305 e. The van der Waals surface area contributed by atoms with Crippen LogP contribution in [0, 0.1) is 0 Å². The predicted octanol–water partition coefficient (Wildman–Crippen LogP) is 3.37. The number of methoxy groups -OCH3 is 1. The van der Waals surface area contributed by atoms with Crippen LogP contribution < -0.4 is 0 Å². The Labute approximate surface area is 145 Å². The van der Waals surface area contributed by atoms with E-state index in [0.717, 1.165) is 12.8 Å². The first-order valence-corrected chi connectivity index (χ1v) is 9.03. The molecular weight excluding hydrogens is 312 g/mol. The summed E-state index contributed by atoms with van der Waals surface area (Å²) in [6, 6.07) is 0. The highest BCUT2D eigenvalue weighted by molar-refractivity contribution is 5.69. The molecule has 0 N–H and O–H groups in total. The van der Waals surface area contributed by atoms with Crippen molar-refractivity contribution in [3.8, 4) is 0 Å². The van der Waals surface area contributed by atoms with E-state index in [2.05, 4.69) is 11.7 Å². The first-order valence-electron chi connectivity index (χ1n) is 9.03. The standard InChI is InChI=1S/C18H32O6/c1-4-5-6-7-8-9-10-17(20)22-13-15-14-23-18(2,24-15)12-11-16(19)21-3/h15H,4-14H2,1-3H3. The van der Waals surface area contributed by atoms with Crippen LogP contribution >= 0.6 is 0 Å². The molecule has 140 valence electrons. The topological polar surface area (TPSA) is 71.1 Å². The largest absolute Gasteiger partial charge is 0.469 e. The summed E-state index contributed by atoms with van der Waals surface area (Å²) in [4.78, 5) is 22.9. The van der Waals surface area contributed by atoms with Crippen molar-refractivity contribution in [2.45, 2.75) is 83.5 Å². The highest BCUT2D eigenvalue weighted by Gasteiger charge is 2.38. The quantitative estimate of drug-likeness (QED) is 0.399. The zero-order chi connectivity index (χ0) is 17.8. The molecule has 0 radical (unpaired) electrons. The second kappa shape index (κ2) is 11.4. The lowest BCUT2D eigenvalue weighted by molar-refractivity contribution is -0.173. The number of carbonyl (C=O) groups is 2. The minimum atomic E-state index is -0.815. The monoisotopic (exact) mass is 344 g/mol. The van der Waals surface area contributed by atoms with E-state index < -0.39 is 5.79 Å².